The third-order valence-corrected chi connectivity index (χ3v) is 1.83. The van der Waals surface area contributed by atoms with Crippen LogP contribution in [0, 0.1) is 5.82 Å². The predicted molar refractivity (Wildman–Crippen MR) is 44.2 cm³/mol. The number of rotatable bonds is 0. The summed E-state index contributed by atoms with van der Waals surface area (Å²) in [5.74, 6) is -0.0810. The van der Waals surface area contributed by atoms with Gasteiger partial charge in [0.2, 0.25) is 0 Å². The molecule has 0 fully saturated rings. The molecule has 1 aromatic rings. The molecule has 1 N–H and O–H groups in total. The minimum Gasteiger partial charge on any atom is -0.308 e. The lowest BCUT2D eigenvalue weighted by Crippen LogP contribution is -2.00. The fourth-order valence-corrected chi connectivity index (χ4v) is 1.29. The average Bonchev–Trinajstić information content (AvgIpc) is 2.36. The Bertz CT molecular complexity index is 262. The number of fused-ring (bicyclic) bond motifs is 1. The van der Waals surface area contributed by atoms with Crippen LogP contribution in [-0.4, -0.2) is 0 Å². The van der Waals surface area contributed by atoms with E-state index in [4.69, 9.17) is 0 Å². The highest BCUT2D eigenvalue weighted by molar-refractivity contribution is 5.85. The first kappa shape index (κ1) is 8.50. The molecule has 0 unspecified atom stereocenters. The van der Waals surface area contributed by atoms with Crippen molar-refractivity contribution in [1.82, 2.24) is 5.32 Å². The van der Waals surface area contributed by atoms with Crippen molar-refractivity contribution in [2.45, 2.75) is 13.1 Å². The molecule has 0 aromatic heterocycles. The van der Waals surface area contributed by atoms with E-state index in [0.717, 1.165) is 17.7 Å². The van der Waals surface area contributed by atoms with Gasteiger partial charge in [0, 0.05) is 18.7 Å². The van der Waals surface area contributed by atoms with Crippen molar-refractivity contribution < 1.29 is 4.39 Å². The Morgan fingerprint density at radius 3 is 2.82 bits per heavy atom. The van der Waals surface area contributed by atoms with E-state index in [1.807, 2.05) is 6.07 Å². The highest BCUT2D eigenvalue weighted by Crippen LogP contribution is 2.17. The normalized spacial score (nSPS) is 13.9. The fraction of sp³-hybridized carbons (Fsp3) is 0.250. The van der Waals surface area contributed by atoms with Crippen molar-refractivity contribution in [3.63, 3.8) is 0 Å². The summed E-state index contributed by atoms with van der Waals surface area (Å²) in [6.45, 7) is 1.50. The number of halogens is 2. The van der Waals surface area contributed by atoms with Gasteiger partial charge in [0.1, 0.15) is 5.82 Å². The van der Waals surface area contributed by atoms with Crippen molar-refractivity contribution in [2.24, 2.45) is 0 Å². The van der Waals surface area contributed by atoms with Gasteiger partial charge in [-0.1, -0.05) is 12.1 Å². The molecular weight excluding hydrogens is 165 g/mol. The van der Waals surface area contributed by atoms with Gasteiger partial charge in [0.15, 0.2) is 0 Å². The Morgan fingerprint density at radius 2 is 2.09 bits per heavy atom. The van der Waals surface area contributed by atoms with Gasteiger partial charge < -0.3 is 5.32 Å². The largest absolute Gasteiger partial charge is 0.308 e. The molecule has 0 aliphatic carbocycles. The number of hydrogen-bond donors (Lipinski definition) is 1. The summed E-state index contributed by atoms with van der Waals surface area (Å²) in [6.07, 6.45) is 0. The van der Waals surface area contributed by atoms with E-state index >= 15 is 0 Å². The molecule has 0 bridgehead atoms. The molecule has 0 spiro atoms. The summed E-state index contributed by atoms with van der Waals surface area (Å²) >= 11 is 0. The maximum Gasteiger partial charge on any atom is 0.128 e. The van der Waals surface area contributed by atoms with Gasteiger partial charge in [0.05, 0.1) is 0 Å². The van der Waals surface area contributed by atoms with Crippen molar-refractivity contribution in [3.8, 4) is 0 Å². The SMILES string of the molecule is Cl.Fc1cccc2c1CNC2. The summed E-state index contributed by atoms with van der Waals surface area (Å²) < 4.78 is 12.9. The molecule has 0 amide bonds. The van der Waals surface area contributed by atoms with Crippen LogP contribution in [0.2, 0.25) is 0 Å². The predicted octanol–water partition coefficient (Wildman–Crippen LogP) is 1.85. The van der Waals surface area contributed by atoms with E-state index in [1.54, 1.807) is 6.07 Å². The van der Waals surface area contributed by atoms with E-state index in [-0.39, 0.29) is 18.2 Å². The molecule has 1 aliphatic heterocycles. The van der Waals surface area contributed by atoms with E-state index in [1.165, 1.54) is 6.07 Å². The van der Waals surface area contributed by atoms with E-state index in [0.29, 0.717) is 6.54 Å². The molecule has 0 radical (unpaired) electrons. The molecular formula is C8H9ClFN. The molecule has 2 rings (SSSR count). The van der Waals surface area contributed by atoms with Crippen LogP contribution in [-0.2, 0) is 13.1 Å². The zero-order valence-electron chi connectivity index (χ0n) is 5.93. The lowest BCUT2D eigenvalue weighted by Gasteiger charge is -1.96. The molecule has 11 heavy (non-hydrogen) atoms. The summed E-state index contributed by atoms with van der Waals surface area (Å²) in [4.78, 5) is 0. The van der Waals surface area contributed by atoms with Crippen LogP contribution >= 0.6 is 12.4 Å². The minimum absolute atomic E-state index is 0. The Balaban J connectivity index is 0.000000605. The Kier molecular flexibility index (Phi) is 2.47. The quantitative estimate of drug-likeness (QED) is 0.632. The van der Waals surface area contributed by atoms with Crippen LogP contribution in [0.5, 0.6) is 0 Å². The van der Waals surface area contributed by atoms with E-state index in [9.17, 15) is 4.39 Å². The topological polar surface area (TPSA) is 12.0 Å². The fourth-order valence-electron chi connectivity index (χ4n) is 1.29. The number of nitrogens with one attached hydrogen (secondary N) is 1. The molecule has 1 heterocycles. The molecule has 3 heteroatoms. The summed E-state index contributed by atoms with van der Waals surface area (Å²) in [7, 11) is 0. The Labute approximate surface area is 71.0 Å². The van der Waals surface area contributed by atoms with Gasteiger partial charge in [-0.25, -0.2) is 4.39 Å². The van der Waals surface area contributed by atoms with Gasteiger partial charge in [-0.3, -0.25) is 0 Å². The van der Waals surface area contributed by atoms with Gasteiger partial charge in [-0.2, -0.15) is 0 Å². The average molecular weight is 174 g/mol. The van der Waals surface area contributed by atoms with Crippen LogP contribution in [0.4, 0.5) is 4.39 Å². The first-order valence-corrected chi connectivity index (χ1v) is 3.35. The minimum atomic E-state index is -0.0810. The Morgan fingerprint density at radius 1 is 1.27 bits per heavy atom. The van der Waals surface area contributed by atoms with Crippen molar-refractivity contribution >= 4 is 12.4 Å². The second kappa shape index (κ2) is 3.20. The highest BCUT2D eigenvalue weighted by atomic mass is 35.5. The molecule has 1 aromatic carbocycles. The third-order valence-electron chi connectivity index (χ3n) is 1.83. The molecule has 1 aliphatic rings. The molecule has 60 valence electrons. The van der Waals surface area contributed by atoms with E-state index in [2.05, 4.69) is 5.32 Å². The van der Waals surface area contributed by atoms with Crippen LogP contribution < -0.4 is 5.32 Å². The van der Waals surface area contributed by atoms with Gasteiger partial charge in [-0.05, 0) is 11.6 Å². The monoisotopic (exact) mass is 173 g/mol. The summed E-state index contributed by atoms with van der Waals surface area (Å²) in [5, 5.41) is 3.09. The first-order valence-electron chi connectivity index (χ1n) is 3.35. The zero-order chi connectivity index (χ0) is 6.97. The van der Waals surface area contributed by atoms with Gasteiger partial charge >= 0.3 is 0 Å². The Hall–Kier alpha value is -0.600. The van der Waals surface area contributed by atoms with Gasteiger partial charge in [0.25, 0.3) is 0 Å². The van der Waals surface area contributed by atoms with Crippen molar-refractivity contribution in [3.05, 3.63) is 35.1 Å². The molecule has 0 atom stereocenters. The van der Waals surface area contributed by atoms with Crippen molar-refractivity contribution in [2.75, 3.05) is 0 Å². The highest BCUT2D eigenvalue weighted by Gasteiger charge is 2.12. The smallest absolute Gasteiger partial charge is 0.128 e. The van der Waals surface area contributed by atoms with Crippen LogP contribution in [0.15, 0.2) is 18.2 Å². The van der Waals surface area contributed by atoms with E-state index < -0.39 is 0 Å². The standard InChI is InChI=1S/C8H8FN.ClH/c9-8-3-1-2-6-4-10-5-7(6)8;/h1-3,10H,4-5H2;1H. The molecule has 0 saturated heterocycles. The number of hydrogen-bond acceptors (Lipinski definition) is 1. The van der Waals surface area contributed by atoms with Crippen LogP contribution in [0.3, 0.4) is 0 Å². The number of benzene rings is 1. The third kappa shape index (κ3) is 1.37. The lowest BCUT2D eigenvalue weighted by molar-refractivity contribution is 0.608. The maximum absolute atomic E-state index is 12.9. The lowest BCUT2D eigenvalue weighted by atomic mass is 10.1. The molecule has 1 nitrogen and oxygen atoms in total. The zero-order valence-corrected chi connectivity index (χ0v) is 6.75. The first-order chi connectivity index (χ1) is 4.88. The van der Waals surface area contributed by atoms with Crippen LogP contribution in [0.25, 0.3) is 0 Å². The van der Waals surface area contributed by atoms with Crippen LogP contribution in [0.1, 0.15) is 11.1 Å². The summed E-state index contributed by atoms with van der Waals surface area (Å²) in [5.41, 5.74) is 1.93. The second-order valence-electron chi connectivity index (χ2n) is 2.48. The maximum atomic E-state index is 12.9. The van der Waals surface area contributed by atoms with Crippen molar-refractivity contribution in [1.29, 1.82) is 0 Å². The summed E-state index contributed by atoms with van der Waals surface area (Å²) in [6, 6.07) is 5.21. The molecule has 0 saturated carbocycles. The second-order valence-corrected chi connectivity index (χ2v) is 2.48. The van der Waals surface area contributed by atoms with Gasteiger partial charge in [-0.15, -0.1) is 12.4 Å².